The Balaban J connectivity index is 1.52. The van der Waals surface area contributed by atoms with Gasteiger partial charge in [0.2, 0.25) is 5.91 Å². The monoisotopic (exact) mass is 649 g/mol. The molecule has 7 rings (SSSR count). The number of para-hydroxylation sites is 1. The number of Topliss-reactive ketones (excluding diaryl/α,β-unsaturated/α-hetero) is 2. The van der Waals surface area contributed by atoms with E-state index in [1.807, 2.05) is 41.3 Å². The fraction of sp³-hybridized carbons (Fsp3) is 0.147. The smallest absolute Gasteiger partial charge is 0.270 e. The SMILES string of the molecule is COc1ccc(C(=O)[C@@H]2[C@H](C(=O)c3cccc([N+](=O)[O-])c3)[C@@]3(C(=O)Nc4ccccc43)[C@H]3c4ccccc4C=CN23)cc1Br. The van der Waals surface area contributed by atoms with Crippen LogP contribution in [0.1, 0.15) is 43.4 Å². The van der Waals surface area contributed by atoms with Crippen LogP contribution in [0.15, 0.2) is 102 Å². The van der Waals surface area contributed by atoms with Gasteiger partial charge in [0.15, 0.2) is 11.6 Å². The topological polar surface area (TPSA) is 119 Å². The Morgan fingerprint density at radius 1 is 0.955 bits per heavy atom. The first-order chi connectivity index (χ1) is 21.3. The lowest BCUT2D eigenvalue weighted by Gasteiger charge is -2.38. The van der Waals surface area contributed by atoms with Crippen LogP contribution in [0, 0.1) is 16.0 Å². The molecule has 10 heteroatoms. The molecule has 9 nitrogen and oxygen atoms in total. The Bertz CT molecular complexity index is 1940. The molecule has 3 aliphatic heterocycles. The number of ketones is 2. The number of hydrogen-bond acceptors (Lipinski definition) is 7. The molecule has 0 saturated carbocycles. The van der Waals surface area contributed by atoms with Gasteiger partial charge in [-0.25, -0.2) is 0 Å². The molecule has 0 aromatic heterocycles. The molecule has 0 bridgehead atoms. The molecule has 1 saturated heterocycles. The summed E-state index contributed by atoms with van der Waals surface area (Å²) in [4.78, 5) is 57.1. The van der Waals surface area contributed by atoms with Crippen LogP contribution in [-0.4, -0.2) is 40.4 Å². The molecule has 1 amide bonds. The van der Waals surface area contributed by atoms with Gasteiger partial charge in [-0.3, -0.25) is 24.5 Å². The van der Waals surface area contributed by atoms with E-state index in [0.29, 0.717) is 27.0 Å². The lowest BCUT2D eigenvalue weighted by atomic mass is 9.62. The summed E-state index contributed by atoms with van der Waals surface area (Å²) in [6.45, 7) is 0. The number of carbonyl (C=O) groups is 3. The minimum atomic E-state index is -1.54. The normalized spacial score (nSPS) is 22.6. The highest BCUT2D eigenvalue weighted by Crippen LogP contribution is 2.62. The number of methoxy groups -OCH3 is 1. The quantitative estimate of drug-likeness (QED) is 0.147. The molecule has 1 fully saturated rings. The Labute approximate surface area is 260 Å². The van der Waals surface area contributed by atoms with E-state index in [1.165, 1.54) is 31.4 Å². The molecular formula is C34H24BrN3O6. The van der Waals surface area contributed by atoms with Crippen LogP contribution in [-0.2, 0) is 10.2 Å². The second kappa shape index (κ2) is 10.3. The number of halogens is 1. The maximum Gasteiger partial charge on any atom is 0.270 e. The van der Waals surface area contributed by atoms with Crippen molar-refractivity contribution in [3.63, 3.8) is 0 Å². The van der Waals surface area contributed by atoms with Crippen molar-refractivity contribution in [2.24, 2.45) is 5.92 Å². The van der Waals surface area contributed by atoms with Crippen molar-refractivity contribution in [1.82, 2.24) is 4.90 Å². The minimum absolute atomic E-state index is 0.0478. The molecule has 3 heterocycles. The van der Waals surface area contributed by atoms with Gasteiger partial charge in [0.05, 0.1) is 28.5 Å². The molecule has 1 N–H and O–H groups in total. The zero-order chi connectivity index (χ0) is 30.7. The fourth-order valence-electron chi connectivity index (χ4n) is 7.11. The Morgan fingerprint density at radius 2 is 1.70 bits per heavy atom. The van der Waals surface area contributed by atoms with E-state index in [4.69, 9.17) is 4.74 Å². The number of anilines is 1. The maximum atomic E-state index is 14.9. The fourth-order valence-corrected chi connectivity index (χ4v) is 7.65. The molecule has 44 heavy (non-hydrogen) atoms. The van der Waals surface area contributed by atoms with E-state index in [1.54, 1.807) is 42.6 Å². The number of carbonyl (C=O) groups excluding carboxylic acids is 3. The molecule has 0 unspecified atom stereocenters. The van der Waals surface area contributed by atoms with Gasteiger partial charge >= 0.3 is 0 Å². The third-order valence-corrected chi connectivity index (χ3v) is 9.52. The first kappa shape index (κ1) is 27.7. The number of benzene rings is 4. The molecule has 0 aliphatic carbocycles. The standard InChI is InChI=1S/C34H24BrN3O6/c1-44-27-14-13-21(18-25(27)35)31(40)29-28(30(39)20-8-6-9-22(17-20)38(42)43)34(24-11-4-5-12-26(24)36-33(34)41)32-23-10-3-2-7-19(23)15-16-37(29)32/h2-18,28-29,32H,1H3,(H,36,41)/t28-,29+,32-,34-/m1/s1. The zero-order valence-corrected chi connectivity index (χ0v) is 24.9. The number of nitrogens with one attached hydrogen (secondary N) is 1. The molecule has 3 aliphatic rings. The van der Waals surface area contributed by atoms with Gasteiger partial charge in [0.25, 0.3) is 5.69 Å². The minimum Gasteiger partial charge on any atom is -0.496 e. The Morgan fingerprint density at radius 3 is 2.48 bits per heavy atom. The maximum absolute atomic E-state index is 14.9. The first-order valence-electron chi connectivity index (χ1n) is 13.9. The molecule has 4 aromatic rings. The Kier molecular flexibility index (Phi) is 6.47. The van der Waals surface area contributed by atoms with E-state index in [9.17, 15) is 24.5 Å². The second-order valence-electron chi connectivity index (χ2n) is 11.0. The van der Waals surface area contributed by atoms with Crippen LogP contribution in [0.25, 0.3) is 6.08 Å². The molecule has 218 valence electrons. The van der Waals surface area contributed by atoms with Gasteiger partial charge < -0.3 is 15.0 Å². The lowest BCUT2D eigenvalue weighted by molar-refractivity contribution is -0.384. The van der Waals surface area contributed by atoms with Gasteiger partial charge in [0.1, 0.15) is 17.2 Å². The summed E-state index contributed by atoms with van der Waals surface area (Å²) in [7, 11) is 1.52. The van der Waals surface area contributed by atoms with Gasteiger partial charge in [0, 0.05) is 35.1 Å². The number of nitro groups is 1. The van der Waals surface area contributed by atoms with Crippen LogP contribution < -0.4 is 10.1 Å². The summed E-state index contributed by atoms with van der Waals surface area (Å²) in [6, 6.07) is 23.3. The van der Waals surface area contributed by atoms with Gasteiger partial charge in [-0.2, -0.15) is 0 Å². The number of nitrogens with zero attached hydrogens (tertiary/aromatic N) is 2. The predicted octanol–water partition coefficient (Wildman–Crippen LogP) is 6.35. The average Bonchev–Trinajstić information content (AvgIpc) is 3.52. The molecule has 0 radical (unpaired) electrons. The molecule has 4 aromatic carbocycles. The zero-order valence-electron chi connectivity index (χ0n) is 23.3. The van der Waals surface area contributed by atoms with Crippen LogP contribution in [0.4, 0.5) is 11.4 Å². The third kappa shape index (κ3) is 3.87. The lowest BCUT2D eigenvalue weighted by Crippen LogP contribution is -2.49. The number of hydrogen-bond donors (Lipinski definition) is 1. The van der Waals surface area contributed by atoms with Crippen LogP contribution in [0.5, 0.6) is 5.75 Å². The summed E-state index contributed by atoms with van der Waals surface area (Å²) in [6.07, 6.45) is 3.66. The van der Waals surface area contributed by atoms with E-state index in [2.05, 4.69) is 21.2 Å². The average molecular weight is 650 g/mol. The predicted molar refractivity (Wildman–Crippen MR) is 167 cm³/mol. The highest BCUT2D eigenvalue weighted by Gasteiger charge is 2.70. The number of rotatable bonds is 6. The number of amides is 1. The second-order valence-corrected chi connectivity index (χ2v) is 11.8. The van der Waals surface area contributed by atoms with Crippen LogP contribution >= 0.6 is 15.9 Å². The number of nitro benzene ring substituents is 1. The van der Waals surface area contributed by atoms with Crippen molar-refractivity contribution in [1.29, 1.82) is 0 Å². The Hall–Kier alpha value is -5.09. The highest BCUT2D eigenvalue weighted by atomic mass is 79.9. The highest BCUT2D eigenvalue weighted by molar-refractivity contribution is 9.10. The summed E-state index contributed by atoms with van der Waals surface area (Å²) >= 11 is 3.47. The van der Waals surface area contributed by atoms with Crippen molar-refractivity contribution in [2.75, 3.05) is 12.4 Å². The van der Waals surface area contributed by atoms with Crippen molar-refractivity contribution in [3.05, 3.63) is 140 Å². The summed E-state index contributed by atoms with van der Waals surface area (Å²) in [5.74, 6) is -2.04. The van der Waals surface area contributed by atoms with Crippen molar-refractivity contribution in [2.45, 2.75) is 17.5 Å². The molecule has 1 spiro atoms. The van der Waals surface area contributed by atoms with Crippen LogP contribution in [0.2, 0.25) is 0 Å². The van der Waals surface area contributed by atoms with Gasteiger partial charge in [-0.15, -0.1) is 0 Å². The number of fused-ring (bicyclic) bond motifs is 6. The van der Waals surface area contributed by atoms with E-state index >= 15 is 0 Å². The number of ether oxygens (including phenoxy) is 1. The molecule has 4 atom stereocenters. The van der Waals surface area contributed by atoms with E-state index < -0.39 is 40.0 Å². The number of non-ortho nitro benzene ring substituents is 1. The van der Waals surface area contributed by atoms with Crippen molar-refractivity contribution >= 4 is 50.9 Å². The van der Waals surface area contributed by atoms with E-state index in [0.717, 1.165) is 11.1 Å². The van der Waals surface area contributed by atoms with Crippen LogP contribution in [0.3, 0.4) is 0 Å². The summed E-state index contributed by atoms with van der Waals surface area (Å²) in [5.41, 5.74) is 1.38. The third-order valence-electron chi connectivity index (χ3n) is 8.90. The van der Waals surface area contributed by atoms with Crippen molar-refractivity contribution < 1.29 is 24.0 Å². The van der Waals surface area contributed by atoms with Gasteiger partial charge in [-0.1, -0.05) is 54.6 Å². The molecular weight excluding hydrogens is 626 g/mol. The largest absolute Gasteiger partial charge is 0.496 e. The van der Waals surface area contributed by atoms with E-state index in [-0.39, 0.29) is 17.0 Å². The summed E-state index contributed by atoms with van der Waals surface area (Å²) < 4.78 is 5.92. The van der Waals surface area contributed by atoms with Gasteiger partial charge in [-0.05, 0) is 63.0 Å². The first-order valence-corrected chi connectivity index (χ1v) is 14.7. The van der Waals surface area contributed by atoms with Crippen molar-refractivity contribution in [3.8, 4) is 5.75 Å². The summed E-state index contributed by atoms with van der Waals surface area (Å²) in [5, 5.41) is 14.7.